The lowest BCUT2D eigenvalue weighted by atomic mass is 10.2. The number of aliphatic carboxylic acids is 1. The SMILES string of the molecule is CC(C)(C)OC(=O)CN[C@@H](CCN=C=O)C(=O)O. The number of aliphatic imine (C=N–C) groups is 1. The third kappa shape index (κ3) is 8.43. The zero-order valence-electron chi connectivity index (χ0n) is 10.7. The van der Waals surface area contributed by atoms with Gasteiger partial charge in [0.15, 0.2) is 0 Å². The topological polar surface area (TPSA) is 105 Å². The van der Waals surface area contributed by atoms with Crippen LogP contribution in [0.3, 0.4) is 0 Å². The normalized spacial score (nSPS) is 12.4. The number of carboxylic acid groups (broad SMARTS) is 1. The van der Waals surface area contributed by atoms with Gasteiger partial charge in [-0.2, -0.15) is 0 Å². The van der Waals surface area contributed by atoms with Crippen LogP contribution >= 0.6 is 0 Å². The molecule has 0 aliphatic rings. The Morgan fingerprint density at radius 2 is 2.06 bits per heavy atom. The molecule has 2 N–H and O–H groups in total. The van der Waals surface area contributed by atoms with Crippen LogP contribution in [0.4, 0.5) is 0 Å². The molecular weight excluding hydrogens is 240 g/mol. The Bertz CT molecular complexity index is 342. The van der Waals surface area contributed by atoms with E-state index in [-0.39, 0.29) is 19.5 Å². The Morgan fingerprint density at radius 3 is 2.50 bits per heavy atom. The van der Waals surface area contributed by atoms with Crippen molar-refractivity contribution in [1.29, 1.82) is 0 Å². The van der Waals surface area contributed by atoms with Crippen LogP contribution in [0.2, 0.25) is 0 Å². The van der Waals surface area contributed by atoms with E-state index in [4.69, 9.17) is 9.84 Å². The number of carbonyl (C=O) groups excluding carboxylic acids is 2. The summed E-state index contributed by atoms with van der Waals surface area (Å²) in [6, 6.07) is -0.949. The molecule has 1 atom stereocenters. The van der Waals surface area contributed by atoms with E-state index in [1.54, 1.807) is 20.8 Å². The summed E-state index contributed by atoms with van der Waals surface area (Å²) >= 11 is 0. The average molecular weight is 258 g/mol. The Hall–Kier alpha value is -1.72. The summed E-state index contributed by atoms with van der Waals surface area (Å²) in [5.41, 5.74) is -0.612. The Balaban J connectivity index is 4.15. The van der Waals surface area contributed by atoms with Crippen LogP contribution in [-0.4, -0.2) is 47.9 Å². The standard InChI is InChI=1S/C11H18N2O5/c1-11(2,3)18-9(15)6-13-8(10(16)17)4-5-12-7-14/h8,13H,4-6H2,1-3H3,(H,16,17)/t8-/m0/s1. The van der Waals surface area contributed by atoms with Gasteiger partial charge in [-0.1, -0.05) is 0 Å². The van der Waals surface area contributed by atoms with E-state index in [9.17, 15) is 14.4 Å². The van der Waals surface area contributed by atoms with Crippen LogP contribution in [0.25, 0.3) is 0 Å². The molecule has 0 bridgehead atoms. The maximum atomic E-state index is 11.4. The molecule has 0 rings (SSSR count). The molecule has 0 aromatic rings. The third-order valence-electron chi connectivity index (χ3n) is 1.81. The van der Waals surface area contributed by atoms with Gasteiger partial charge in [0, 0.05) is 0 Å². The number of isocyanates is 1. The largest absolute Gasteiger partial charge is 0.480 e. The number of ether oxygens (including phenoxy) is 1. The smallest absolute Gasteiger partial charge is 0.320 e. The summed E-state index contributed by atoms with van der Waals surface area (Å²) in [4.78, 5) is 35.3. The van der Waals surface area contributed by atoms with Gasteiger partial charge in [0.25, 0.3) is 0 Å². The molecule has 0 fully saturated rings. The minimum atomic E-state index is -1.11. The lowest BCUT2D eigenvalue weighted by Gasteiger charge is -2.20. The number of nitrogens with zero attached hydrogens (tertiary/aromatic N) is 1. The molecule has 0 aliphatic heterocycles. The van der Waals surface area contributed by atoms with Crippen LogP contribution in [-0.2, 0) is 19.1 Å². The first-order chi connectivity index (χ1) is 8.26. The summed E-state index contributed by atoms with van der Waals surface area (Å²) in [5.74, 6) is -1.65. The molecule has 0 aromatic heterocycles. The molecule has 0 radical (unpaired) electrons. The van der Waals surface area contributed by atoms with Crippen LogP contribution < -0.4 is 5.32 Å². The summed E-state index contributed by atoms with van der Waals surface area (Å²) in [6.07, 6.45) is 1.43. The number of nitrogens with one attached hydrogen (secondary N) is 1. The van der Waals surface area contributed by atoms with Crippen molar-refractivity contribution in [2.45, 2.75) is 38.8 Å². The fourth-order valence-electron chi connectivity index (χ4n) is 1.14. The van der Waals surface area contributed by atoms with Gasteiger partial charge in [-0.25, -0.2) is 9.79 Å². The van der Waals surface area contributed by atoms with Gasteiger partial charge >= 0.3 is 11.9 Å². The number of carbonyl (C=O) groups is 2. The van der Waals surface area contributed by atoms with Crippen molar-refractivity contribution < 1.29 is 24.2 Å². The first kappa shape index (κ1) is 16.3. The molecule has 0 spiro atoms. The predicted octanol–water partition coefficient (Wildman–Crippen LogP) is 0.0968. The van der Waals surface area contributed by atoms with Crippen molar-refractivity contribution in [3.8, 4) is 0 Å². The molecule has 0 aliphatic carbocycles. The minimum absolute atomic E-state index is 0.0434. The summed E-state index contributed by atoms with van der Waals surface area (Å²) < 4.78 is 5.01. The number of rotatable bonds is 7. The predicted molar refractivity (Wildman–Crippen MR) is 62.9 cm³/mol. The van der Waals surface area contributed by atoms with E-state index < -0.39 is 23.6 Å². The molecular formula is C11H18N2O5. The van der Waals surface area contributed by atoms with Gasteiger partial charge in [0.2, 0.25) is 6.08 Å². The summed E-state index contributed by atoms with van der Waals surface area (Å²) in [5, 5.41) is 11.4. The van der Waals surface area contributed by atoms with Crippen molar-refractivity contribution in [3.63, 3.8) is 0 Å². The second-order valence-electron chi connectivity index (χ2n) is 4.62. The third-order valence-corrected chi connectivity index (χ3v) is 1.81. The fourth-order valence-corrected chi connectivity index (χ4v) is 1.14. The highest BCUT2D eigenvalue weighted by atomic mass is 16.6. The molecule has 0 amide bonds. The molecule has 0 saturated heterocycles. The monoisotopic (exact) mass is 258 g/mol. The molecule has 7 nitrogen and oxygen atoms in total. The quantitative estimate of drug-likeness (QED) is 0.381. The van der Waals surface area contributed by atoms with Crippen LogP contribution in [0.5, 0.6) is 0 Å². The molecule has 18 heavy (non-hydrogen) atoms. The Labute approximate surface area is 105 Å². The highest BCUT2D eigenvalue weighted by Gasteiger charge is 2.20. The van der Waals surface area contributed by atoms with Crippen LogP contribution in [0.15, 0.2) is 4.99 Å². The first-order valence-electron chi connectivity index (χ1n) is 5.48. The Morgan fingerprint density at radius 1 is 1.44 bits per heavy atom. The second kappa shape index (κ2) is 7.58. The fraction of sp³-hybridized carbons (Fsp3) is 0.727. The Kier molecular flexibility index (Phi) is 6.85. The van der Waals surface area contributed by atoms with Gasteiger partial charge < -0.3 is 9.84 Å². The molecule has 102 valence electrons. The van der Waals surface area contributed by atoms with Gasteiger partial charge in [-0.15, -0.1) is 0 Å². The van der Waals surface area contributed by atoms with Crippen molar-refractivity contribution in [1.82, 2.24) is 5.32 Å². The second-order valence-corrected chi connectivity index (χ2v) is 4.62. The number of carboxylic acids is 1. The van der Waals surface area contributed by atoms with E-state index >= 15 is 0 Å². The van der Waals surface area contributed by atoms with E-state index in [2.05, 4.69) is 10.3 Å². The average Bonchev–Trinajstić information content (AvgIpc) is 2.20. The summed E-state index contributed by atoms with van der Waals surface area (Å²) in [7, 11) is 0. The van der Waals surface area contributed by atoms with Crippen LogP contribution in [0, 0.1) is 0 Å². The lowest BCUT2D eigenvalue weighted by molar-refractivity contribution is -0.154. The van der Waals surface area contributed by atoms with Gasteiger partial charge in [-0.05, 0) is 27.2 Å². The molecule has 0 aromatic carbocycles. The van der Waals surface area contributed by atoms with E-state index in [1.165, 1.54) is 6.08 Å². The van der Waals surface area contributed by atoms with Crippen molar-refractivity contribution in [3.05, 3.63) is 0 Å². The number of hydrogen-bond acceptors (Lipinski definition) is 6. The zero-order valence-corrected chi connectivity index (χ0v) is 10.7. The van der Waals surface area contributed by atoms with Gasteiger partial charge in [-0.3, -0.25) is 14.9 Å². The minimum Gasteiger partial charge on any atom is -0.480 e. The molecule has 0 heterocycles. The van der Waals surface area contributed by atoms with Crippen LogP contribution in [0.1, 0.15) is 27.2 Å². The van der Waals surface area contributed by atoms with E-state index in [1.807, 2.05) is 0 Å². The molecule has 0 saturated carbocycles. The van der Waals surface area contributed by atoms with Gasteiger partial charge in [0.05, 0.1) is 13.1 Å². The number of hydrogen-bond donors (Lipinski definition) is 2. The summed E-state index contributed by atoms with van der Waals surface area (Å²) in [6.45, 7) is 5.00. The highest BCUT2D eigenvalue weighted by Crippen LogP contribution is 2.06. The maximum absolute atomic E-state index is 11.4. The van der Waals surface area contributed by atoms with Crippen molar-refractivity contribution in [2.24, 2.45) is 4.99 Å². The first-order valence-corrected chi connectivity index (χ1v) is 5.48. The zero-order chi connectivity index (χ0) is 14.2. The van der Waals surface area contributed by atoms with Gasteiger partial charge in [0.1, 0.15) is 11.6 Å². The van der Waals surface area contributed by atoms with E-state index in [0.717, 1.165) is 0 Å². The molecule has 7 heteroatoms. The molecule has 0 unspecified atom stereocenters. The number of esters is 1. The highest BCUT2D eigenvalue weighted by molar-refractivity contribution is 5.76. The van der Waals surface area contributed by atoms with Crippen molar-refractivity contribution >= 4 is 18.0 Å². The maximum Gasteiger partial charge on any atom is 0.320 e. The van der Waals surface area contributed by atoms with Crippen molar-refractivity contribution in [2.75, 3.05) is 13.1 Å². The van der Waals surface area contributed by atoms with E-state index in [0.29, 0.717) is 0 Å². The lowest BCUT2D eigenvalue weighted by Crippen LogP contribution is -2.42.